The molecule has 0 radical (unpaired) electrons. The third-order valence-electron chi connectivity index (χ3n) is 1.03. The molecule has 6 heteroatoms. The zero-order valence-electron chi connectivity index (χ0n) is 5.77. The van der Waals surface area contributed by atoms with Crippen molar-refractivity contribution < 1.29 is 13.2 Å². The molecule has 0 spiro atoms. The summed E-state index contributed by atoms with van der Waals surface area (Å²) in [4.78, 5) is 6.97. The maximum Gasteiger partial charge on any atom is 0.396 e. The Balaban J connectivity index is 2.71. The fourth-order valence-electron chi connectivity index (χ4n) is 0.610. The quantitative estimate of drug-likeness (QED) is 0.754. The van der Waals surface area contributed by atoms with Crippen LogP contribution in [-0.4, -0.2) is 16.1 Å². The second kappa shape index (κ2) is 3.38. The van der Waals surface area contributed by atoms with Crippen LogP contribution in [0, 0.1) is 0 Å². The molecule has 0 aliphatic heterocycles. The number of alkyl halides is 3. The van der Waals surface area contributed by atoms with Crippen LogP contribution in [0.3, 0.4) is 0 Å². The number of hydrogen-bond acceptors (Lipinski definition) is 2. The molecule has 0 bridgehead atoms. The van der Waals surface area contributed by atoms with Crippen LogP contribution in [0.2, 0.25) is 0 Å². The Morgan fingerprint density at radius 2 is 1.75 bits per heavy atom. The summed E-state index contributed by atoms with van der Waals surface area (Å²) in [6.07, 6.45) is -2.75. The Kier molecular flexibility index (Phi) is 2.66. The van der Waals surface area contributed by atoms with E-state index in [1.807, 2.05) is 0 Å². The summed E-state index contributed by atoms with van der Waals surface area (Å²) in [6.45, 7) is 0. The molecule has 2 nitrogen and oxygen atoms in total. The highest BCUT2D eigenvalue weighted by molar-refractivity contribution is 9.10. The smallest absolute Gasteiger partial charge is 0.240 e. The van der Waals surface area contributed by atoms with Gasteiger partial charge in [-0.3, -0.25) is 0 Å². The van der Waals surface area contributed by atoms with Crippen molar-refractivity contribution in [3.05, 3.63) is 22.7 Å². The molecule has 0 aromatic carbocycles. The molecule has 1 aromatic rings. The lowest BCUT2D eigenvalue weighted by molar-refractivity contribution is -0.128. The lowest BCUT2D eigenvalue weighted by Crippen LogP contribution is -2.13. The molecule has 0 fully saturated rings. The van der Waals surface area contributed by atoms with Crippen LogP contribution < -0.4 is 0 Å². The topological polar surface area (TPSA) is 25.8 Å². The Labute approximate surface area is 75.0 Å². The SMILES string of the molecule is FC(F)(F)Cc1ncc(Br)cn1. The first kappa shape index (κ1) is 9.44. The molecule has 0 amide bonds. The second-order valence-electron chi connectivity index (χ2n) is 2.11. The van der Waals surface area contributed by atoms with Crippen LogP contribution >= 0.6 is 15.9 Å². The van der Waals surface area contributed by atoms with E-state index in [-0.39, 0.29) is 5.82 Å². The van der Waals surface area contributed by atoms with Gasteiger partial charge in [-0.25, -0.2) is 9.97 Å². The molecule has 1 rings (SSSR count). The predicted octanol–water partition coefficient (Wildman–Crippen LogP) is 2.34. The van der Waals surface area contributed by atoms with E-state index < -0.39 is 12.6 Å². The highest BCUT2D eigenvalue weighted by Crippen LogP contribution is 2.19. The molecule has 0 aliphatic carbocycles. The number of rotatable bonds is 1. The fraction of sp³-hybridized carbons (Fsp3) is 0.333. The average Bonchev–Trinajstić information content (AvgIpc) is 1.91. The van der Waals surface area contributed by atoms with E-state index in [9.17, 15) is 13.2 Å². The third kappa shape index (κ3) is 3.17. The zero-order valence-corrected chi connectivity index (χ0v) is 7.35. The molecular weight excluding hydrogens is 237 g/mol. The summed E-state index contributed by atoms with van der Waals surface area (Å²) in [5.41, 5.74) is 0. The van der Waals surface area contributed by atoms with Crippen LogP contribution in [0.25, 0.3) is 0 Å². The van der Waals surface area contributed by atoms with E-state index in [1.54, 1.807) is 0 Å². The minimum Gasteiger partial charge on any atom is -0.240 e. The monoisotopic (exact) mass is 240 g/mol. The van der Waals surface area contributed by atoms with Crippen molar-refractivity contribution in [2.24, 2.45) is 0 Å². The number of aromatic nitrogens is 2. The summed E-state index contributed by atoms with van der Waals surface area (Å²) in [5.74, 6) is -0.217. The zero-order chi connectivity index (χ0) is 9.19. The van der Waals surface area contributed by atoms with Gasteiger partial charge in [0, 0.05) is 12.4 Å². The van der Waals surface area contributed by atoms with Crippen molar-refractivity contribution in [1.29, 1.82) is 0 Å². The number of hydrogen-bond donors (Lipinski definition) is 0. The normalized spacial score (nSPS) is 11.7. The molecule has 0 N–H and O–H groups in total. The maximum atomic E-state index is 11.8. The first-order chi connectivity index (χ1) is 5.47. The fourth-order valence-corrected chi connectivity index (χ4v) is 0.814. The van der Waals surface area contributed by atoms with E-state index in [1.165, 1.54) is 12.4 Å². The van der Waals surface area contributed by atoms with Crippen molar-refractivity contribution in [2.75, 3.05) is 0 Å². The van der Waals surface area contributed by atoms with Crippen molar-refractivity contribution >= 4 is 15.9 Å². The molecule has 0 aliphatic rings. The largest absolute Gasteiger partial charge is 0.396 e. The first-order valence-corrected chi connectivity index (χ1v) is 3.80. The van der Waals surface area contributed by atoms with Crippen LogP contribution in [-0.2, 0) is 6.42 Å². The Bertz CT molecular complexity index is 256. The van der Waals surface area contributed by atoms with Crippen molar-refractivity contribution in [3.63, 3.8) is 0 Å². The molecule has 0 unspecified atom stereocenters. The number of nitrogens with zero attached hydrogens (tertiary/aromatic N) is 2. The second-order valence-corrected chi connectivity index (χ2v) is 3.03. The van der Waals surface area contributed by atoms with E-state index in [0.29, 0.717) is 4.47 Å². The van der Waals surface area contributed by atoms with Crippen molar-refractivity contribution in [3.8, 4) is 0 Å². The molecular formula is C6H4BrF3N2. The maximum absolute atomic E-state index is 11.8. The van der Waals surface area contributed by atoms with Gasteiger partial charge in [-0.1, -0.05) is 0 Å². The minimum atomic E-state index is -4.24. The van der Waals surface area contributed by atoms with Gasteiger partial charge in [0.15, 0.2) is 0 Å². The molecule has 1 aromatic heterocycles. The molecule has 12 heavy (non-hydrogen) atoms. The van der Waals surface area contributed by atoms with Gasteiger partial charge >= 0.3 is 6.18 Å². The van der Waals surface area contributed by atoms with E-state index >= 15 is 0 Å². The van der Waals surface area contributed by atoms with Gasteiger partial charge in [-0.2, -0.15) is 13.2 Å². The van der Waals surface area contributed by atoms with Gasteiger partial charge in [0.05, 0.1) is 4.47 Å². The van der Waals surface area contributed by atoms with Gasteiger partial charge < -0.3 is 0 Å². The van der Waals surface area contributed by atoms with E-state index in [2.05, 4.69) is 25.9 Å². The van der Waals surface area contributed by atoms with Crippen LogP contribution in [0.15, 0.2) is 16.9 Å². The van der Waals surface area contributed by atoms with E-state index in [0.717, 1.165) is 0 Å². The van der Waals surface area contributed by atoms with Gasteiger partial charge in [-0.15, -0.1) is 0 Å². The molecule has 1 heterocycles. The lowest BCUT2D eigenvalue weighted by atomic mass is 10.4. The summed E-state index contributed by atoms with van der Waals surface area (Å²) < 4.78 is 35.8. The Hall–Kier alpha value is -0.650. The van der Waals surface area contributed by atoms with Gasteiger partial charge in [0.1, 0.15) is 12.2 Å². The summed E-state index contributed by atoms with van der Waals surface area (Å²) in [7, 11) is 0. The number of halogens is 4. The summed E-state index contributed by atoms with van der Waals surface area (Å²) >= 11 is 3.02. The van der Waals surface area contributed by atoms with Crippen LogP contribution in [0.5, 0.6) is 0 Å². The third-order valence-corrected chi connectivity index (χ3v) is 1.44. The minimum absolute atomic E-state index is 0.217. The van der Waals surface area contributed by atoms with Gasteiger partial charge in [0.25, 0.3) is 0 Å². The molecule has 0 saturated heterocycles. The van der Waals surface area contributed by atoms with Crippen molar-refractivity contribution in [2.45, 2.75) is 12.6 Å². The molecule has 0 saturated carbocycles. The standard InChI is InChI=1S/C6H4BrF3N2/c7-4-2-11-5(12-3-4)1-6(8,9)10/h2-3H,1H2. The highest BCUT2D eigenvalue weighted by Gasteiger charge is 2.29. The average molecular weight is 241 g/mol. The predicted molar refractivity (Wildman–Crippen MR) is 39.5 cm³/mol. The van der Waals surface area contributed by atoms with E-state index in [4.69, 9.17) is 0 Å². The van der Waals surface area contributed by atoms with Gasteiger partial charge in [0.2, 0.25) is 0 Å². The molecule has 0 atom stereocenters. The van der Waals surface area contributed by atoms with Crippen molar-refractivity contribution in [1.82, 2.24) is 9.97 Å². The summed E-state index contributed by atoms with van der Waals surface area (Å²) in [5, 5.41) is 0. The molecule has 66 valence electrons. The lowest BCUT2D eigenvalue weighted by Gasteiger charge is -2.03. The first-order valence-electron chi connectivity index (χ1n) is 3.00. The summed E-state index contributed by atoms with van der Waals surface area (Å²) in [6, 6.07) is 0. The Morgan fingerprint density at radius 1 is 1.25 bits per heavy atom. The van der Waals surface area contributed by atoms with Gasteiger partial charge in [-0.05, 0) is 15.9 Å². The van der Waals surface area contributed by atoms with Crippen LogP contribution in [0.1, 0.15) is 5.82 Å². The van der Waals surface area contributed by atoms with Crippen LogP contribution in [0.4, 0.5) is 13.2 Å². The highest BCUT2D eigenvalue weighted by atomic mass is 79.9. The Morgan fingerprint density at radius 3 is 2.17 bits per heavy atom.